The Morgan fingerprint density at radius 3 is 2.96 bits per heavy atom. The second-order valence-corrected chi connectivity index (χ2v) is 6.96. The summed E-state index contributed by atoms with van der Waals surface area (Å²) in [6, 6.07) is 10.5. The molecule has 0 N–H and O–H groups in total. The van der Waals surface area contributed by atoms with Crippen LogP contribution in [0.2, 0.25) is 0 Å². The highest BCUT2D eigenvalue weighted by Crippen LogP contribution is 2.30. The fraction of sp³-hybridized carbons (Fsp3) is 0.474. The van der Waals surface area contributed by atoms with Gasteiger partial charge in [0, 0.05) is 31.1 Å². The van der Waals surface area contributed by atoms with Crippen molar-refractivity contribution in [1.82, 2.24) is 19.5 Å². The molecule has 2 aromatic heterocycles. The molecule has 0 radical (unpaired) electrons. The average Bonchev–Trinajstić information content (AvgIpc) is 3.19. The summed E-state index contributed by atoms with van der Waals surface area (Å²) in [4.78, 5) is 9.82. The molecule has 3 aromatic rings. The summed E-state index contributed by atoms with van der Waals surface area (Å²) in [6.45, 7) is 8.69. The number of aryl methyl sites for hydroxylation is 1. The molecule has 126 valence electrons. The summed E-state index contributed by atoms with van der Waals surface area (Å²) in [5.74, 6) is 1.83. The molecule has 0 aliphatic carbocycles. The van der Waals surface area contributed by atoms with Gasteiger partial charge in [-0.05, 0) is 45.0 Å². The number of benzene rings is 1. The highest BCUT2D eigenvalue weighted by molar-refractivity contribution is 5.91. The number of fused-ring (bicyclic) bond motifs is 3. The van der Waals surface area contributed by atoms with Crippen LogP contribution in [0.1, 0.15) is 19.0 Å². The molecule has 0 amide bonds. The molecule has 0 saturated carbocycles. The van der Waals surface area contributed by atoms with Gasteiger partial charge >= 0.3 is 0 Å². The van der Waals surface area contributed by atoms with Crippen molar-refractivity contribution < 1.29 is 0 Å². The molecule has 5 nitrogen and oxygen atoms in total. The standard InChI is InChI=1S/C19H25N5/c1-4-22(3)12-15-9-10-23(13-15)19-16-7-5-6-8-17(16)24-18(20-19)11-14(2)21-24/h5-8,11,15H,4,9-10,12-13H2,1-3H3/t15-/m0/s1. The molecule has 1 aliphatic rings. The number of aromatic nitrogens is 3. The van der Waals surface area contributed by atoms with Gasteiger partial charge in [0.15, 0.2) is 5.65 Å². The number of nitrogens with zero attached hydrogens (tertiary/aromatic N) is 5. The Morgan fingerprint density at radius 2 is 2.12 bits per heavy atom. The second-order valence-electron chi connectivity index (χ2n) is 6.96. The maximum absolute atomic E-state index is 4.95. The summed E-state index contributed by atoms with van der Waals surface area (Å²) in [7, 11) is 2.21. The van der Waals surface area contributed by atoms with Crippen LogP contribution in [0.25, 0.3) is 16.6 Å². The van der Waals surface area contributed by atoms with Gasteiger partial charge in [0.25, 0.3) is 0 Å². The van der Waals surface area contributed by atoms with Gasteiger partial charge in [-0.1, -0.05) is 19.1 Å². The molecule has 0 bridgehead atoms. The maximum Gasteiger partial charge on any atom is 0.158 e. The van der Waals surface area contributed by atoms with Crippen molar-refractivity contribution in [3.63, 3.8) is 0 Å². The highest BCUT2D eigenvalue weighted by Gasteiger charge is 2.26. The van der Waals surface area contributed by atoms with Gasteiger partial charge in [0.1, 0.15) is 5.82 Å². The zero-order valence-electron chi connectivity index (χ0n) is 14.7. The predicted octanol–water partition coefficient (Wildman–Crippen LogP) is 2.97. The van der Waals surface area contributed by atoms with Crippen molar-refractivity contribution in [3.8, 4) is 0 Å². The molecular formula is C19H25N5. The third-order valence-electron chi connectivity index (χ3n) is 5.10. The lowest BCUT2D eigenvalue weighted by Gasteiger charge is -2.22. The maximum atomic E-state index is 4.95. The zero-order chi connectivity index (χ0) is 16.7. The third-order valence-corrected chi connectivity index (χ3v) is 5.10. The van der Waals surface area contributed by atoms with Crippen LogP contribution >= 0.6 is 0 Å². The van der Waals surface area contributed by atoms with E-state index in [2.05, 4.69) is 59.2 Å². The fourth-order valence-electron chi connectivity index (χ4n) is 3.74. The number of rotatable bonds is 4. The van der Waals surface area contributed by atoms with Crippen molar-refractivity contribution in [1.29, 1.82) is 0 Å². The quantitative estimate of drug-likeness (QED) is 0.740. The first-order valence-corrected chi connectivity index (χ1v) is 8.84. The van der Waals surface area contributed by atoms with E-state index in [0.29, 0.717) is 0 Å². The molecule has 0 unspecified atom stereocenters. The van der Waals surface area contributed by atoms with Crippen molar-refractivity contribution in [2.45, 2.75) is 20.3 Å². The number of hydrogen-bond donors (Lipinski definition) is 0. The molecule has 1 atom stereocenters. The Kier molecular flexibility index (Phi) is 3.88. The lowest BCUT2D eigenvalue weighted by atomic mass is 10.1. The van der Waals surface area contributed by atoms with Crippen LogP contribution in [0.15, 0.2) is 30.3 Å². The van der Waals surface area contributed by atoms with E-state index in [4.69, 9.17) is 4.98 Å². The van der Waals surface area contributed by atoms with Gasteiger partial charge in [-0.3, -0.25) is 0 Å². The van der Waals surface area contributed by atoms with E-state index in [-0.39, 0.29) is 0 Å². The van der Waals surface area contributed by atoms with Gasteiger partial charge < -0.3 is 9.80 Å². The first-order chi connectivity index (χ1) is 11.7. The molecule has 5 heteroatoms. The van der Waals surface area contributed by atoms with Crippen LogP contribution in [-0.2, 0) is 0 Å². The van der Waals surface area contributed by atoms with E-state index in [0.717, 1.165) is 48.2 Å². The molecule has 1 aliphatic heterocycles. The Labute approximate surface area is 142 Å². The van der Waals surface area contributed by atoms with E-state index in [1.807, 2.05) is 11.4 Å². The van der Waals surface area contributed by atoms with Crippen molar-refractivity contribution in [2.24, 2.45) is 5.92 Å². The van der Waals surface area contributed by atoms with Crippen LogP contribution in [-0.4, -0.2) is 52.7 Å². The summed E-state index contributed by atoms with van der Waals surface area (Å²) in [6.07, 6.45) is 1.24. The Morgan fingerprint density at radius 1 is 1.29 bits per heavy atom. The van der Waals surface area contributed by atoms with Crippen LogP contribution in [0, 0.1) is 12.8 Å². The summed E-state index contributed by atoms with van der Waals surface area (Å²) in [5.41, 5.74) is 3.09. The molecule has 0 spiro atoms. The second kappa shape index (κ2) is 6.06. The summed E-state index contributed by atoms with van der Waals surface area (Å²) in [5, 5.41) is 5.80. The summed E-state index contributed by atoms with van der Waals surface area (Å²) >= 11 is 0. The van der Waals surface area contributed by atoms with Gasteiger partial charge in [-0.15, -0.1) is 0 Å². The fourth-order valence-corrected chi connectivity index (χ4v) is 3.74. The van der Waals surface area contributed by atoms with Gasteiger partial charge in [0.05, 0.1) is 11.2 Å². The molecule has 4 rings (SSSR count). The minimum atomic E-state index is 0.721. The third kappa shape index (κ3) is 2.63. The van der Waals surface area contributed by atoms with Gasteiger partial charge in [-0.2, -0.15) is 5.10 Å². The zero-order valence-corrected chi connectivity index (χ0v) is 14.7. The highest BCUT2D eigenvalue weighted by atomic mass is 15.3. The Hall–Kier alpha value is -2.14. The van der Waals surface area contributed by atoms with E-state index >= 15 is 0 Å². The Bertz CT molecular complexity index is 869. The van der Waals surface area contributed by atoms with E-state index in [1.54, 1.807) is 0 Å². The Balaban J connectivity index is 1.73. The van der Waals surface area contributed by atoms with Crippen molar-refractivity contribution in [2.75, 3.05) is 38.1 Å². The normalized spacial score (nSPS) is 18.3. The number of para-hydroxylation sites is 1. The topological polar surface area (TPSA) is 36.7 Å². The van der Waals surface area contributed by atoms with E-state index < -0.39 is 0 Å². The van der Waals surface area contributed by atoms with E-state index in [9.17, 15) is 0 Å². The molecule has 24 heavy (non-hydrogen) atoms. The molecule has 1 fully saturated rings. The first-order valence-electron chi connectivity index (χ1n) is 8.84. The lowest BCUT2D eigenvalue weighted by molar-refractivity contribution is 0.300. The first kappa shape index (κ1) is 15.4. The van der Waals surface area contributed by atoms with Crippen LogP contribution < -0.4 is 4.90 Å². The van der Waals surface area contributed by atoms with Crippen molar-refractivity contribution in [3.05, 3.63) is 36.0 Å². The molecule has 1 aromatic carbocycles. The molecule has 3 heterocycles. The molecule has 1 saturated heterocycles. The van der Waals surface area contributed by atoms with Gasteiger partial charge in [0.2, 0.25) is 0 Å². The van der Waals surface area contributed by atoms with Crippen LogP contribution in [0.3, 0.4) is 0 Å². The van der Waals surface area contributed by atoms with E-state index in [1.165, 1.54) is 18.4 Å². The van der Waals surface area contributed by atoms with Crippen molar-refractivity contribution >= 4 is 22.4 Å². The van der Waals surface area contributed by atoms with Crippen LogP contribution in [0.4, 0.5) is 5.82 Å². The average molecular weight is 323 g/mol. The lowest BCUT2D eigenvalue weighted by Crippen LogP contribution is -2.28. The monoisotopic (exact) mass is 323 g/mol. The minimum Gasteiger partial charge on any atom is -0.356 e. The smallest absolute Gasteiger partial charge is 0.158 e. The summed E-state index contributed by atoms with van der Waals surface area (Å²) < 4.78 is 1.96. The largest absolute Gasteiger partial charge is 0.356 e. The number of anilines is 1. The predicted molar refractivity (Wildman–Crippen MR) is 98.7 cm³/mol. The SMILES string of the molecule is CCN(C)C[C@@H]1CCN(c2nc3cc(C)nn3c3ccccc23)C1. The molecular weight excluding hydrogens is 298 g/mol. The number of hydrogen-bond acceptors (Lipinski definition) is 4. The van der Waals surface area contributed by atoms with Crippen LogP contribution in [0.5, 0.6) is 0 Å². The minimum absolute atomic E-state index is 0.721. The van der Waals surface area contributed by atoms with Gasteiger partial charge in [-0.25, -0.2) is 9.50 Å².